The molecule has 1 unspecified atom stereocenters. The molecule has 0 N–H and O–H groups in total. The van der Waals surface area contributed by atoms with Gasteiger partial charge in [0.15, 0.2) is 0 Å². The summed E-state index contributed by atoms with van der Waals surface area (Å²) in [5, 5.41) is 0. The van der Waals surface area contributed by atoms with Crippen LogP contribution in [0.5, 0.6) is 0 Å². The molecule has 0 heteroatoms. The molecule has 0 nitrogen and oxygen atoms in total. The monoisotopic (exact) mass is 164 g/mol. The Morgan fingerprint density at radius 1 is 1.42 bits per heavy atom. The van der Waals surface area contributed by atoms with Crippen LogP contribution >= 0.6 is 0 Å². The van der Waals surface area contributed by atoms with Gasteiger partial charge in [0.05, 0.1) is 0 Å². The molecule has 0 saturated carbocycles. The van der Waals surface area contributed by atoms with Gasteiger partial charge in [-0.05, 0) is 24.8 Å². The van der Waals surface area contributed by atoms with E-state index in [0.717, 1.165) is 6.42 Å². The molecule has 0 aromatic rings. The van der Waals surface area contributed by atoms with Crippen LogP contribution in [0.2, 0.25) is 0 Å². The highest BCUT2D eigenvalue weighted by molar-refractivity contribution is 4.87. The Morgan fingerprint density at radius 2 is 2.17 bits per heavy atom. The highest BCUT2D eigenvalue weighted by Gasteiger charge is 2.00. The van der Waals surface area contributed by atoms with E-state index in [-0.39, 0.29) is 0 Å². The lowest BCUT2D eigenvalue weighted by molar-refractivity contribution is 0.546. The predicted molar refractivity (Wildman–Crippen MR) is 56.2 cm³/mol. The summed E-state index contributed by atoms with van der Waals surface area (Å²) in [5.74, 6) is 0.630. The second-order valence-corrected chi connectivity index (χ2v) is 3.14. The van der Waals surface area contributed by atoms with Gasteiger partial charge < -0.3 is 0 Å². The SMILES string of the molecule is C=C=CCC(C=C)CCCCC. The first kappa shape index (κ1) is 11.3. The number of allylic oxidation sites excluding steroid dienone is 2. The van der Waals surface area contributed by atoms with Gasteiger partial charge >= 0.3 is 0 Å². The minimum absolute atomic E-state index is 0.630. The van der Waals surface area contributed by atoms with E-state index >= 15 is 0 Å². The highest BCUT2D eigenvalue weighted by atomic mass is 14.0. The fourth-order valence-electron chi connectivity index (χ4n) is 1.22. The van der Waals surface area contributed by atoms with Gasteiger partial charge in [0, 0.05) is 0 Å². The van der Waals surface area contributed by atoms with Crippen LogP contribution in [0.3, 0.4) is 0 Å². The van der Waals surface area contributed by atoms with E-state index in [1.807, 2.05) is 12.2 Å². The smallest absolute Gasteiger partial charge is 0.0196 e. The standard InChI is InChI=1S/C12H20/c1-4-7-9-11-12(6-3)10-8-5-2/h6,8,12H,2-4,7,9-11H2,1H3. The van der Waals surface area contributed by atoms with E-state index in [4.69, 9.17) is 0 Å². The zero-order valence-corrected chi connectivity index (χ0v) is 8.18. The zero-order valence-electron chi connectivity index (χ0n) is 8.18. The summed E-state index contributed by atoms with van der Waals surface area (Å²) in [6, 6.07) is 0. The average molecular weight is 164 g/mol. The van der Waals surface area contributed by atoms with Crippen molar-refractivity contribution in [3.05, 3.63) is 31.0 Å². The average Bonchev–Trinajstić information content (AvgIpc) is 2.11. The van der Waals surface area contributed by atoms with E-state index in [1.165, 1.54) is 25.7 Å². The molecule has 0 spiro atoms. The van der Waals surface area contributed by atoms with Crippen molar-refractivity contribution in [3.8, 4) is 0 Å². The Morgan fingerprint density at radius 3 is 2.67 bits per heavy atom. The maximum atomic E-state index is 3.82. The van der Waals surface area contributed by atoms with Crippen LogP contribution in [0.4, 0.5) is 0 Å². The number of unbranched alkanes of at least 4 members (excludes halogenated alkanes) is 2. The first-order valence-corrected chi connectivity index (χ1v) is 4.82. The topological polar surface area (TPSA) is 0 Å². The van der Waals surface area contributed by atoms with Crippen LogP contribution in [0.15, 0.2) is 31.0 Å². The molecule has 0 bridgehead atoms. The van der Waals surface area contributed by atoms with Crippen LogP contribution in [0.25, 0.3) is 0 Å². The molecule has 68 valence electrons. The van der Waals surface area contributed by atoms with Crippen molar-refractivity contribution in [3.63, 3.8) is 0 Å². The summed E-state index contributed by atoms with van der Waals surface area (Å²) < 4.78 is 0. The van der Waals surface area contributed by atoms with E-state index in [1.54, 1.807) is 0 Å². The fraction of sp³-hybridized carbons (Fsp3) is 0.583. The Labute approximate surface area is 76.7 Å². The minimum atomic E-state index is 0.630. The van der Waals surface area contributed by atoms with Gasteiger partial charge in [-0.3, -0.25) is 0 Å². The normalized spacial score (nSPS) is 11.8. The largest absolute Gasteiger partial charge is 0.133 e. The predicted octanol–water partition coefficient (Wildman–Crippen LogP) is 4.10. The van der Waals surface area contributed by atoms with Gasteiger partial charge in [-0.25, -0.2) is 0 Å². The number of hydrogen-bond acceptors (Lipinski definition) is 0. The lowest BCUT2D eigenvalue weighted by atomic mass is 9.98. The van der Waals surface area contributed by atoms with Crippen molar-refractivity contribution in [2.45, 2.75) is 39.0 Å². The molecular formula is C12H20. The molecule has 0 aliphatic rings. The molecule has 0 rings (SSSR count). The maximum Gasteiger partial charge on any atom is -0.0196 e. The molecule has 0 aliphatic heterocycles. The van der Waals surface area contributed by atoms with Crippen molar-refractivity contribution in [1.82, 2.24) is 0 Å². The van der Waals surface area contributed by atoms with Crippen molar-refractivity contribution < 1.29 is 0 Å². The lowest BCUT2D eigenvalue weighted by Crippen LogP contribution is -1.93. The summed E-state index contributed by atoms with van der Waals surface area (Å²) >= 11 is 0. The van der Waals surface area contributed by atoms with E-state index < -0.39 is 0 Å². The Bertz CT molecular complexity index is 149. The minimum Gasteiger partial charge on any atom is -0.133 e. The van der Waals surface area contributed by atoms with Gasteiger partial charge in [-0.2, -0.15) is 0 Å². The molecule has 0 amide bonds. The second-order valence-electron chi connectivity index (χ2n) is 3.14. The van der Waals surface area contributed by atoms with Gasteiger partial charge in [-0.15, -0.1) is 12.3 Å². The van der Waals surface area contributed by atoms with Crippen molar-refractivity contribution in [2.24, 2.45) is 5.92 Å². The maximum absolute atomic E-state index is 3.82. The third kappa shape index (κ3) is 6.00. The van der Waals surface area contributed by atoms with Crippen molar-refractivity contribution >= 4 is 0 Å². The quantitative estimate of drug-likeness (QED) is 0.302. The molecule has 0 aliphatic carbocycles. The Balaban J connectivity index is 3.52. The number of hydrogen-bond donors (Lipinski definition) is 0. The van der Waals surface area contributed by atoms with Crippen molar-refractivity contribution in [1.29, 1.82) is 0 Å². The second kappa shape index (κ2) is 8.36. The van der Waals surface area contributed by atoms with E-state index in [2.05, 4.69) is 25.8 Å². The summed E-state index contributed by atoms with van der Waals surface area (Å²) in [6.07, 6.45) is 10.3. The van der Waals surface area contributed by atoms with E-state index in [0.29, 0.717) is 5.92 Å². The molecule has 0 aromatic carbocycles. The molecule has 0 aromatic heterocycles. The van der Waals surface area contributed by atoms with E-state index in [9.17, 15) is 0 Å². The highest BCUT2D eigenvalue weighted by Crippen LogP contribution is 2.14. The molecule has 0 fully saturated rings. The first-order chi connectivity index (χ1) is 5.85. The van der Waals surface area contributed by atoms with Crippen molar-refractivity contribution in [2.75, 3.05) is 0 Å². The van der Waals surface area contributed by atoms with Gasteiger partial charge in [0.1, 0.15) is 0 Å². The zero-order chi connectivity index (χ0) is 9.23. The van der Waals surface area contributed by atoms with Crippen LogP contribution in [-0.4, -0.2) is 0 Å². The Kier molecular flexibility index (Phi) is 7.84. The molecular weight excluding hydrogens is 144 g/mol. The first-order valence-electron chi connectivity index (χ1n) is 4.82. The molecule has 0 heterocycles. The van der Waals surface area contributed by atoms with Crippen LogP contribution in [0, 0.1) is 5.92 Å². The van der Waals surface area contributed by atoms with Crippen LogP contribution < -0.4 is 0 Å². The van der Waals surface area contributed by atoms with Gasteiger partial charge in [0.2, 0.25) is 0 Å². The summed E-state index contributed by atoms with van der Waals surface area (Å²) in [6.45, 7) is 9.60. The molecule has 0 saturated heterocycles. The lowest BCUT2D eigenvalue weighted by Gasteiger charge is -2.07. The molecule has 0 radical (unpaired) electrons. The third-order valence-electron chi connectivity index (χ3n) is 2.08. The molecule has 1 atom stereocenters. The third-order valence-corrected chi connectivity index (χ3v) is 2.08. The summed E-state index contributed by atoms with van der Waals surface area (Å²) in [7, 11) is 0. The summed E-state index contributed by atoms with van der Waals surface area (Å²) in [4.78, 5) is 0. The summed E-state index contributed by atoms with van der Waals surface area (Å²) in [5.41, 5.74) is 2.80. The number of rotatable bonds is 7. The Hall–Kier alpha value is -0.740. The van der Waals surface area contributed by atoms with Gasteiger partial charge in [-0.1, -0.05) is 38.8 Å². The van der Waals surface area contributed by atoms with Gasteiger partial charge in [0.25, 0.3) is 0 Å². The fourth-order valence-corrected chi connectivity index (χ4v) is 1.22. The van der Waals surface area contributed by atoms with Crippen LogP contribution in [0.1, 0.15) is 39.0 Å². The van der Waals surface area contributed by atoms with Crippen LogP contribution in [-0.2, 0) is 0 Å². The molecule has 12 heavy (non-hydrogen) atoms.